The minimum Gasteiger partial charge on any atom is -0.296 e. The van der Waals surface area contributed by atoms with E-state index in [0.717, 1.165) is 22.1 Å². The fourth-order valence-corrected chi connectivity index (χ4v) is 3.30. The van der Waals surface area contributed by atoms with Crippen LogP contribution in [-0.4, -0.2) is 25.9 Å². The van der Waals surface area contributed by atoms with Gasteiger partial charge in [-0.05, 0) is 23.6 Å². The molecule has 0 radical (unpaired) electrons. The maximum atomic E-state index is 12.9. The summed E-state index contributed by atoms with van der Waals surface area (Å²) in [4.78, 5) is 28.5. The van der Waals surface area contributed by atoms with Gasteiger partial charge in [-0.2, -0.15) is 0 Å². The molecule has 0 N–H and O–H groups in total. The van der Waals surface area contributed by atoms with E-state index < -0.39 is 0 Å². The van der Waals surface area contributed by atoms with E-state index in [1.807, 2.05) is 60.7 Å². The Morgan fingerprint density at radius 3 is 2.17 bits per heavy atom. The number of anilines is 2. The highest BCUT2D eigenvalue weighted by Crippen LogP contribution is 2.40. The zero-order chi connectivity index (χ0) is 16.8. The summed E-state index contributed by atoms with van der Waals surface area (Å²) in [5.41, 5.74) is 2.96. The van der Waals surface area contributed by atoms with Crippen molar-refractivity contribution >= 4 is 34.0 Å². The van der Waals surface area contributed by atoms with Gasteiger partial charge in [0.15, 0.2) is 5.78 Å². The normalized spacial score (nSPS) is 13.5. The Morgan fingerprint density at radius 1 is 0.792 bits per heavy atom. The molecule has 4 heteroatoms. The maximum absolute atomic E-state index is 12.9. The van der Waals surface area contributed by atoms with Crippen molar-refractivity contribution < 1.29 is 9.59 Å². The van der Waals surface area contributed by atoms with Crippen LogP contribution in [0.15, 0.2) is 60.7 Å². The van der Waals surface area contributed by atoms with Crippen LogP contribution in [-0.2, 0) is 0 Å². The molecule has 0 saturated heterocycles. The molecule has 0 saturated carbocycles. The largest absolute Gasteiger partial charge is 0.328 e. The van der Waals surface area contributed by atoms with Crippen LogP contribution in [0, 0.1) is 0 Å². The number of rotatable bonds is 2. The summed E-state index contributed by atoms with van der Waals surface area (Å²) in [6.07, 6.45) is 0. The van der Waals surface area contributed by atoms with E-state index in [1.165, 1.54) is 0 Å². The molecule has 24 heavy (non-hydrogen) atoms. The lowest BCUT2D eigenvalue weighted by Crippen LogP contribution is -2.41. The molecule has 0 aromatic heterocycles. The minimum absolute atomic E-state index is 0.0125. The van der Waals surface area contributed by atoms with Gasteiger partial charge < -0.3 is 0 Å². The molecule has 3 aromatic carbocycles. The van der Waals surface area contributed by atoms with Gasteiger partial charge in [-0.1, -0.05) is 42.5 Å². The van der Waals surface area contributed by atoms with Gasteiger partial charge in [0.05, 0.1) is 11.4 Å². The highest BCUT2D eigenvalue weighted by molar-refractivity contribution is 6.25. The van der Waals surface area contributed by atoms with Crippen LogP contribution in [0.2, 0.25) is 0 Å². The molecule has 3 aromatic rings. The van der Waals surface area contributed by atoms with Gasteiger partial charge in [-0.15, -0.1) is 0 Å². The van der Waals surface area contributed by atoms with E-state index in [4.69, 9.17) is 0 Å². The molecular formula is C20H16N2O2. The van der Waals surface area contributed by atoms with Crippen molar-refractivity contribution in [3.63, 3.8) is 0 Å². The van der Waals surface area contributed by atoms with Gasteiger partial charge in [0, 0.05) is 30.6 Å². The van der Waals surface area contributed by atoms with Crippen molar-refractivity contribution in [2.24, 2.45) is 0 Å². The summed E-state index contributed by atoms with van der Waals surface area (Å²) >= 11 is 0. The lowest BCUT2D eigenvalue weighted by atomic mass is 9.94. The first-order valence-electron chi connectivity index (χ1n) is 7.76. The van der Waals surface area contributed by atoms with E-state index in [1.54, 1.807) is 23.9 Å². The van der Waals surface area contributed by atoms with Crippen molar-refractivity contribution in [1.82, 2.24) is 0 Å². The van der Waals surface area contributed by atoms with Crippen molar-refractivity contribution in [3.8, 4) is 0 Å². The SMILES string of the molecule is CN1C(=O)N(C)c2ccc(C(=O)c3ccccc3)c3cccc1c23. The van der Waals surface area contributed by atoms with Crippen molar-refractivity contribution in [1.29, 1.82) is 0 Å². The summed E-state index contributed by atoms with van der Waals surface area (Å²) in [5, 5.41) is 1.80. The number of carbonyl (C=O) groups excluding carboxylic acids is 2. The average Bonchev–Trinajstić information content (AvgIpc) is 2.64. The molecule has 0 bridgehead atoms. The zero-order valence-electron chi connectivity index (χ0n) is 13.5. The Labute approximate surface area is 139 Å². The summed E-state index contributed by atoms with van der Waals surface area (Å²) in [7, 11) is 3.50. The molecule has 0 atom stereocenters. The van der Waals surface area contributed by atoms with Gasteiger partial charge in [-0.25, -0.2) is 4.79 Å². The fraction of sp³-hybridized carbons (Fsp3) is 0.100. The van der Waals surface area contributed by atoms with E-state index in [-0.39, 0.29) is 11.8 Å². The Balaban J connectivity index is 2.00. The number of hydrogen-bond acceptors (Lipinski definition) is 2. The fourth-order valence-electron chi connectivity index (χ4n) is 3.30. The molecule has 1 aliphatic heterocycles. The minimum atomic E-state index is -0.0860. The second kappa shape index (κ2) is 5.20. The summed E-state index contributed by atoms with van der Waals surface area (Å²) in [6.45, 7) is 0. The lowest BCUT2D eigenvalue weighted by molar-refractivity contribution is 0.104. The molecular weight excluding hydrogens is 300 g/mol. The first-order valence-corrected chi connectivity index (χ1v) is 7.76. The number of nitrogens with zero attached hydrogens (tertiary/aromatic N) is 2. The summed E-state index contributed by atoms with van der Waals surface area (Å²) in [5.74, 6) is -0.0125. The molecule has 4 nitrogen and oxygen atoms in total. The molecule has 4 rings (SSSR count). The van der Waals surface area contributed by atoms with Gasteiger partial charge >= 0.3 is 6.03 Å². The van der Waals surface area contributed by atoms with E-state index in [2.05, 4.69) is 0 Å². The predicted molar refractivity (Wildman–Crippen MR) is 96.0 cm³/mol. The van der Waals surface area contributed by atoms with E-state index in [0.29, 0.717) is 11.1 Å². The van der Waals surface area contributed by atoms with Crippen LogP contribution in [0.4, 0.5) is 16.2 Å². The van der Waals surface area contributed by atoms with Gasteiger partial charge in [0.2, 0.25) is 0 Å². The highest BCUT2D eigenvalue weighted by Gasteiger charge is 2.28. The Morgan fingerprint density at radius 2 is 1.46 bits per heavy atom. The summed E-state index contributed by atoms with van der Waals surface area (Å²) in [6, 6.07) is 18.6. The van der Waals surface area contributed by atoms with Crippen LogP contribution in [0.1, 0.15) is 15.9 Å². The van der Waals surface area contributed by atoms with Crippen molar-refractivity contribution in [2.45, 2.75) is 0 Å². The van der Waals surface area contributed by atoms with Crippen LogP contribution in [0.25, 0.3) is 10.8 Å². The van der Waals surface area contributed by atoms with Crippen LogP contribution in [0.5, 0.6) is 0 Å². The quantitative estimate of drug-likeness (QED) is 0.669. The number of ketones is 1. The van der Waals surface area contributed by atoms with Crippen molar-refractivity contribution in [3.05, 3.63) is 71.8 Å². The molecule has 0 unspecified atom stereocenters. The van der Waals surface area contributed by atoms with Crippen molar-refractivity contribution in [2.75, 3.05) is 23.9 Å². The number of hydrogen-bond donors (Lipinski definition) is 0. The first-order chi connectivity index (χ1) is 11.6. The summed E-state index contributed by atoms with van der Waals surface area (Å²) < 4.78 is 0. The predicted octanol–water partition coefficient (Wildman–Crippen LogP) is 4.08. The third-order valence-corrected chi connectivity index (χ3v) is 4.57. The Hall–Kier alpha value is -3.14. The molecule has 1 aliphatic rings. The first kappa shape index (κ1) is 14.5. The zero-order valence-corrected chi connectivity index (χ0v) is 13.5. The second-order valence-electron chi connectivity index (χ2n) is 5.93. The van der Waals surface area contributed by atoms with Gasteiger partial charge in [0.1, 0.15) is 0 Å². The third-order valence-electron chi connectivity index (χ3n) is 4.57. The molecule has 118 valence electrons. The topological polar surface area (TPSA) is 40.6 Å². The van der Waals surface area contributed by atoms with Gasteiger partial charge in [-0.3, -0.25) is 14.6 Å². The van der Waals surface area contributed by atoms with Gasteiger partial charge in [0.25, 0.3) is 0 Å². The molecule has 0 spiro atoms. The molecule has 0 fully saturated rings. The molecule has 1 heterocycles. The lowest BCUT2D eigenvalue weighted by Gasteiger charge is -2.33. The van der Waals surface area contributed by atoms with E-state index in [9.17, 15) is 9.59 Å². The standard InChI is InChI=1S/C20H16N2O2/c1-21-16-10-6-9-14-15(19(23)13-7-4-3-5-8-13)11-12-17(18(14)16)22(2)20(21)24/h3-12H,1-2H3. The monoisotopic (exact) mass is 316 g/mol. The van der Waals surface area contributed by atoms with Crippen LogP contribution < -0.4 is 9.80 Å². The maximum Gasteiger partial charge on any atom is 0.328 e. The Kier molecular flexibility index (Phi) is 3.13. The number of benzene rings is 3. The number of amides is 2. The Bertz CT molecular complexity index is 961. The third kappa shape index (κ3) is 1.93. The van der Waals surface area contributed by atoms with Crippen LogP contribution in [0.3, 0.4) is 0 Å². The molecule has 0 aliphatic carbocycles. The average molecular weight is 316 g/mol. The molecule has 2 amide bonds. The van der Waals surface area contributed by atoms with Crippen LogP contribution >= 0.6 is 0 Å². The highest BCUT2D eigenvalue weighted by atomic mass is 16.2. The number of carbonyl (C=O) groups is 2. The van der Waals surface area contributed by atoms with E-state index >= 15 is 0 Å². The number of urea groups is 1. The second-order valence-corrected chi connectivity index (χ2v) is 5.93. The smallest absolute Gasteiger partial charge is 0.296 e.